The predicted octanol–water partition coefficient (Wildman–Crippen LogP) is 1.10. The molecule has 0 amide bonds. The van der Waals surface area contributed by atoms with Gasteiger partial charge in [0, 0.05) is 18.6 Å². The Kier molecular flexibility index (Phi) is 2.90. The number of rotatable bonds is 2. The zero-order chi connectivity index (χ0) is 14.1. The van der Waals surface area contributed by atoms with E-state index in [1.165, 1.54) is 10.8 Å². The molecule has 6 nitrogen and oxygen atoms in total. The monoisotopic (exact) mass is 269 g/mol. The lowest BCUT2D eigenvalue weighted by molar-refractivity contribution is 0.423. The minimum Gasteiger partial charge on any atom is -0.372 e. The smallest absolute Gasteiger partial charge is 0.372 e. The van der Waals surface area contributed by atoms with Crippen molar-refractivity contribution in [2.75, 3.05) is 0 Å². The van der Waals surface area contributed by atoms with Gasteiger partial charge in [0.05, 0.1) is 6.54 Å². The first-order chi connectivity index (χ1) is 9.65. The second-order valence-electron chi connectivity index (χ2n) is 4.49. The fourth-order valence-electron chi connectivity index (χ4n) is 2.07. The van der Waals surface area contributed by atoms with E-state index in [2.05, 4.69) is 9.97 Å². The quantitative estimate of drug-likeness (QED) is 0.696. The van der Waals surface area contributed by atoms with Crippen molar-refractivity contribution >= 4 is 11.0 Å². The highest BCUT2D eigenvalue weighted by Gasteiger charge is 2.10. The van der Waals surface area contributed by atoms with Crippen molar-refractivity contribution < 1.29 is 4.42 Å². The summed E-state index contributed by atoms with van der Waals surface area (Å²) in [6.45, 7) is 2.17. The van der Waals surface area contributed by atoms with Crippen LogP contribution in [0, 0.1) is 6.92 Å². The van der Waals surface area contributed by atoms with E-state index < -0.39 is 11.4 Å². The second-order valence-corrected chi connectivity index (χ2v) is 4.49. The van der Waals surface area contributed by atoms with E-state index >= 15 is 0 Å². The molecule has 20 heavy (non-hydrogen) atoms. The van der Waals surface area contributed by atoms with Gasteiger partial charge >= 0.3 is 11.4 Å². The first kappa shape index (κ1) is 12.3. The van der Waals surface area contributed by atoms with Crippen LogP contribution in [0.3, 0.4) is 0 Å². The summed E-state index contributed by atoms with van der Waals surface area (Å²) in [7, 11) is 0. The molecule has 100 valence electrons. The Morgan fingerprint density at radius 2 is 2.15 bits per heavy atom. The Morgan fingerprint density at radius 1 is 1.30 bits per heavy atom. The lowest BCUT2D eigenvalue weighted by Crippen LogP contribution is -2.26. The van der Waals surface area contributed by atoms with Crippen molar-refractivity contribution in [3.05, 3.63) is 68.9 Å². The van der Waals surface area contributed by atoms with E-state index in [1.807, 2.05) is 13.0 Å². The molecule has 0 atom stereocenters. The van der Waals surface area contributed by atoms with Gasteiger partial charge in [-0.1, -0.05) is 6.07 Å². The van der Waals surface area contributed by atoms with Gasteiger partial charge in [0.15, 0.2) is 5.65 Å². The minimum absolute atomic E-state index is 0.255. The van der Waals surface area contributed by atoms with Gasteiger partial charge in [-0.2, -0.15) is 0 Å². The summed E-state index contributed by atoms with van der Waals surface area (Å²) in [6.07, 6.45) is 4.93. The summed E-state index contributed by atoms with van der Waals surface area (Å²) in [5.41, 5.74) is 1.48. The van der Waals surface area contributed by atoms with Crippen LogP contribution in [0.2, 0.25) is 0 Å². The van der Waals surface area contributed by atoms with E-state index in [9.17, 15) is 9.59 Å². The maximum absolute atomic E-state index is 11.9. The molecular formula is C14H11N3O3. The fourth-order valence-corrected chi connectivity index (χ4v) is 2.07. The highest BCUT2D eigenvalue weighted by molar-refractivity contribution is 5.72. The largest absolute Gasteiger partial charge is 0.423 e. The van der Waals surface area contributed by atoms with Crippen molar-refractivity contribution in [3.8, 4) is 0 Å². The molecule has 0 aliphatic heterocycles. The van der Waals surface area contributed by atoms with Crippen LogP contribution < -0.4 is 11.4 Å². The maximum Gasteiger partial charge on any atom is 0.423 e. The zero-order valence-electron chi connectivity index (χ0n) is 10.7. The van der Waals surface area contributed by atoms with Gasteiger partial charge in [0.2, 0.25) is 0 Å². The molecule has 0 saturated heterocycles. The topological polar surface area (TPSA) is 78.0 Å². The SMILES string of the molecule is Cc1cncc(Cn2c(=O)oc(=O)c3cccnc32)c1. The minimum atomic E-state index is -0.720. The number of pyridine rings is 2. The third-order valence-electron chi connectivity index (χ3n) is 2.93. The number of aromatic nitrogens is 3. The van der Waals surface area contributed by atoms with Crippen LogP contribution in [-0.2, 0) is 6.54 Å². The molecule has 0 radical (unpaired) electrons. The third-order valence-corrected chi connectivity index (χ3v) is 2.93. The summed E-state index contributed by atoms with van der Waals surface area (Å²) in [4.78, 5) is 31.7. The Morgan fingerprint density at radius 3 is 2.95 bits per heavy atom. The van der Waals surface area contributed by atoms with Crippen molar-refractivity contribution in [1.29, 1.82) is 0 Å². The van der Waals surface area contributed by atoms with Crippen molar-refractivity contribution in [1.82, 2.24) is 14.5 Å². The number of hydrogen-bond donors (Lipinski definition) is 0. The normalized spacial score (nSPS) is 10.8. The predicted molar refractivity (Wildman–Crippen MR) is 72.6 cm³/mol. The number of nitrogens with zero attached hydrogens (tertiary/aromatic N) is 3. The zero-order valence-corrected chi connectivity index (χ0v) is 10.7. The van der Waals surface area contributed by atoms with Crippen molar-refractivity contribution in [3.63, 3.8) is 0 Å². The second kappa shape index (κ2) is 4.73. The van der Waals surface area contributed by atoms with Crippen molar-refractivity contribution in [2.24, 2.45) is 0 Å². The van der Waals surface area contributed by atoms with Gasteiger partial charge in [0.1, 0.15) is 5.39 Å². The van der Waals surface area contributed by atoms with Crippen molar-refractivity contribution in [2.45, 2.75) is 13.5 Å². The lowest BCUT2D eigenvalue weighted by atomic mass is 10.2. The number of aryl methyl sites for hydroxylation is 1. The summed E-state index contributed by atoms with van der Waals surface area (Å²) in [5.74, 6) is -0.720. The van der Waals surface area contributed by atoms with Crippen LogP contribution in [-0.4, -0.2) is 14.5 Å². The molecule has 0 N–H and O–H groups in total. The summed E-state index contributed by atoms with van der Waals surface area (Å²) >= 11 is 0. The van der Waals surface area contributed by atoms with Crippen LogP contribution in [0.15, 0.2) is 50.8 Å². The van der Waals surface area contributed by atoms with Crippen LogP contribution in [0.1, 0.15) is 11.1 Å². The standard InChI is InChI=1S/C14H11N3O3/c1-9-5-10(7-15-6-9)8-17-12-11(3-2-4-16-12)13(18)20-14(17)19/h2-7H,8H2,1H3. The fraction of sp³-hybridized carbons (Fsp3) is 0.143. The van der Waals surface area contributed by atoms with Crippen LogP contribution in [0.5, 0.6) is 0 Å². The van der Waals surface area contributed by atoms with E-state index in [4.69, 9.17) is 4.42 Å². The Labute approximate surface area is 113 Å². The maximum atomic E-state index is 11.9. The summed E-state index contributed by atoms with van der Waals surface area (Å²) in [6, 6.07) is 5.13. The molecule has 0 saturated carbocycles. The highest BCUT2D eigenvalue weighted by Crippen LogP contribution is 2.08. The molecule has 0 aliphatic rings. The molecule has 0 fully saturated rings. The van der Waals surface area contributed by atoms with Crippen LogP contribution >= 0.6 is 0 Å². The highest BCUT2D eigenvalue weighted by atomic mass is 16.4. The summed E-state index contributed by atoms with van der Waals surface area (Å²) in [5, 5.41) is 0.285. The van der Waals surface area contributed by atoms with Gasteiger partial charge < -0.3 is 4.42 Å². The number of fused-ring (bicyclic) bond motifs is 1. The average Bonchev–Trinajstić information content (AvgIpc) is 2.43. The van der Waals surface area contributed by atoms with Gasteiger partial charge in [0.25, 0.3) is 0 Å². The molecule has 0 aromatic carbocycles. The molecule has 3 rings (SSSR count). The first-order valence-corrected chi connectivity index (χ1v) is 6.04. The molecule has 0 aliphatic carbocycles. The first-order valence-electron chi connectivity index (χ1n) is 6.04. The molecule has 0 spiro atoms. The molecule has 3 heterocycles. The Balaban J connectivity index is 2.21. The third kappa shape index (κ3) is 2.11. The van der Waals surface area contributed by atoms with Gasteiger partial charge in [-0.15, -0.1) is 0 Å². The van der Waals surface area contributed by atoms with E-state index in [1.54, 1.807) is 24.5 Å². The average molecular weight is 269 g/mol. The van der Waals surface area contributed by atoms with Gasteiger partial charge in [-0.25, -0.2) is 14.6 Å². The number of hydrogen-bond acceptors (Lipinski definition) is 5. The molecular weight excluding hydrogens is 258 g/mol. The van der Waals surface area contributed by atoms with Crippen LogP contribution in [0.25, 0.3) is 11.0 Å². The molecule has 3 aromatic rings. The summed E-state index contributed by atoms with van der Waals surface area (Å²) < 4.78 is 6.04. The van der Waals surface area contributed by atoms with E-state index in [-0.39, 0.29) is 11.9 Å². The Bertz CT molecular complexity index is 896. The molecule has 0 unspecified atom stereocenters. The van der Waals surface area contributed by atoms with E-state index in [0.717, 1.165) is 11.1 Å². The molecule has 0 bridgehead atoms. The van der Waals surface area contributed by atoms with Gasteiger partial charge in [-0.3, -0.25) is 9.55 Å². The van der Waals surface area contributed by atoms with Gasteiger partial charge in [-0.05, 0) is 30.2 Å². The van der Waals surface area contributed by atoms with E-state index in [0.29, 0.717) is 5.65 Å². The van der Waals surface area contributed by atoms with Crippen LogP contribution in [0.4, 0.5) is 0 Å². The Hall–Kier alpha value is -2.76. The molecule has 3 aromatic heterocycles. The lowest BCUT2D eigenvalue weighted by Gasteiger charge is -2.07. The molecule has 6 heteroatoms.